The fraction of sp³-hybridized carbons (Fsp3) is 0.414. The quantitative estimate of drug-likeness (QED) is 0.299. The predicted octanol–water partition coefficient (Wildman–Crippen LogP) is 4.98. The number of para-hydroxylation sites is 2. The van der Waals surface area contributed by atoms with Gasteiger partial charge in [-0.25, -0.2) is 34.1 Å². The highest BCUT2D eigenvalue weighted by Gasteiger charge is 2.28. The predicted molar refractivity (Wildman–Crippen MR) is 157 cm³/mol. The van der Waals surface area contributed by atoms with Crippen molar-refractivity contribution in [3.63, 3.8) is 0 Å². The highest BCUT2D eigenvalue weighted by molar-refractivity contribution is 7.09. The van der Waals surface area contributed by atoms with E-state index in [2.05, 4.69) is 25.3 Å². The van der Waals surface area contributed by atoms with E-state index in [1.54, 1.807) is 77.5 Å². The summed E-state index contributed by atoms with van der Waals surface area (Å²) >= 11 is 1.31. The summed E-state index contributed by atoms with van der Waals surface area (Å²) in [6, 6.07) is 8.91. The summed E-state index contributed by atoms with van der Waals surface area (Å²) < 4.78 is 12.7. The maximum Gasteiger partial charge on any atom is 0.420 e. The van der Waals surface area contributed by atoms with Crippen LogP contribution in [-0.2, 0) is 29.0 Å². The van der Waals surface area contributed by atoms with E-state index < -0.39 is 23.4 Å². The number of fused-ring (bicyclic) bond motifs is 1. The molecule has 0 saturated heterocycles. The molecule has 12 nitrogen and oxygen atoms in total. The van der Waals surface area contributed by atoms with Crippen molar-refractivity contribution >= 4 is 40.5 Å². The topological polar surface area (TPSA) is 141 Å². The number of hydrogen-bond acceptors (Lipinski definition) is 10. The molecule has 42 heavy (non-hydrogen) atoms. The van der Waals surface area contributed by atoms with Crippen LogP contribution in [0.15, 0.2) is 48.1 Å². The van der Waals surface area contributed by atoms with Gasteiger partial charge < -0.3 is 19.7 Å². The summed E-state index contributed by atoms with van der Waals surface area (Å²) in [6.45, 7) is 11.1. The van der Waals surface area contributed by atoms with Crippen LogP contribution in [0.3, 0.4) is 0 Å². The normalized spacial score (nSPS) is 11.8. The molecule has 0 atom stereocenters. The first-order chi connectivity index (χ1) is 19.8. The SMILES string of the molecule is CC(C)(C)OC(=O)N(CCc1nc(C(=O)NCc2ncccn2)cs1)Cc1nc2ccccc2n1C(=O)OC(C)(C)C. The van der Waals surface area contributed by atoms with E-state index in [4.69, 9.17) is 9.47 Å². The lowest BCUT2D eigenvalue weighted by molar-refractivity contribution is 0.0222. The largest absolute Gasteiger partial charge is 0.444 e. The van der Waals surface area contributed by atoms with Gasteiger partial charge in [0.2, 0.25) is 0 Å². The van der Waals surface area contributed by atoms with Crippen LogP contribution in [-0.4, -0.2) is 65.2 Å². The number of ether oxygens (including phenoxy) is 2. The van der Waals surface area contributed by atoms with Crippen LogP contribution in [0.2, 0.25) is 0 Å². The fourth-order valence-electron chi connectivity index (χ4n) is 3.86. The zero-order valence-electron chi connectivity index (χ0n) is 24.6. The van der Waals surface area contributed by atoms with Crippen LogP contribution in [0.25, 0.3) is 11.0 Å². The summed E-state index contributed by atoms with van der Waals surface area (Å²) in [5.74, 6) is 0.477. The molecule has 0 radical (unpaired) electrons. The van der Waals surface area contributed by atoms with Gasteiger partial charge in [-0.1, -0.05) is 12.1 Å². The van der Waals surface area contributed by atoms with Gasteiger partial charge in [-0.2, -0.15) is 0 Å². The molecule has 0 fully saturated rings. The Morgan fingerprint density at radius 2 is 1.64 bits per heavy atom. The molecule has 3 heterocycles. The number of amides is 2. The maximum atomic E-state index is 13.3. The van der Waals surface area contributed by atoms with Crippen LogP contribution in [0, 0.1) is 0 Å². The summed E-state index contributed by atoms with van der Waals surface area (Å²) in [5.41, 5.74) is -0.0360. The van der Waals surface area contributed by atoms with E-state index in [1.165, 1.54) is 20.8 Å². The standard InChI is InChI=1S/C29H35N7O5S/c1-28(2,3)40-26(38)35(15-12-24-34-20(18-42-24)25(37)32-16-22-30-13-9-14-31-22)17-23-33-19-10-7-8-11-21(19)36(23)27(39)41-29(4,5)6/h7-11,13-14,18H,12,15-17H2,1-6H3,(H,32,37). The molecule has 1 N–H and O–H groups in total. The van der Waals surface area contributed by atoms with Crippen LogP contribution in [0.5, 0.6) is 0 Å². The minimum atomic E-state index is -0.741. The molecular weight excluding hydrogens is 558 g/mol. The van der Waals surface area contributed by atoms with Crippen molar-refractivity contribution in [3.8, 4) is 0 Å². The average molecular weight is 594 g/mol. The Balaban J connectivity index is 1.53. The second-order valence-corrected chi connectivity index (χ2v) is 12.4. The number of nitrogens with one attached hydrogen (secondary N) is 1. The Morgan fingerprint density at radius 3 is 2.33 bits per heavy atom. The lowest BCUT2D eigenvalue weighted by atomic mass is 10.2. The van der Waals surface area contributed by atoms with Gasteiger partial charge in [0.1, 0.15) is 28.5 Å². The minimum absolute atomic E-state index is 0.0152. The van der Waals surface area contributed by atoms with E-state index >= 15 is 0 Å². The first kappa shape index (κ1) is 30.6. The molecular formula is C29H35N7O5S. The molecule has 0 aliphatic rings. The third-order valence-corrected chi connectivity index (χ3v) is 6.51. The first-order valence-corrected chi connectivity index (χ1v) is 14.3. The lowest BCUT2D eigenvalue weighted by Gasteiger charge is -2.27. The summed E-state index contributed by atoms with van der Waals surface area (Å²) in [7, 11) is 0. The Kier molecular flexibility index (Phi) is 9.20. The number of aromatic nitrogens is 5. The van der Waals surface area contributed by atoms with Crippen LogP contribution >= 0.6 is 11.3 Å². The van der Waals surface area contributed by atoms with Gasteiger partial charge in [-0.15, -0.1) is 11.3 Å². The molecule has 0 unspecified atom stereocenters. The van der Waals surface area contributed by atoms with Crippen molar-refractivity contribution in [2.75, 3.05) is 6.54 Å². The molecule has 3 aromatic heterocycles. The summed E-state index contributed by atoms with van der Waals surface area (Å²) in [6.07, 6.45) is 2.41. The molecule has 4 aromatic rings. The Labute approximate surface area is 248 Å². The highest BCUT2D eigenvalue weighted by Crippen LogP contribution is 2.22. The average Bonchev–Trinajstić information content (AvgIpc) is 3.53. The van der Waals surface area contributed by atoms with Crippen LogP contribution in [0.4, 0.5) is 9.59 Å². The summed E-state index contributed by atoms with van der Waals surface area (Å²) in [4.78, 5) is 57.9. The second kappa shape index (κ2) is 12.6. The third kappa shape index (κ3) is 8.32. The van der Waals surface area contributed by atoms with E-state index in [0.29, 0.717) is 34.1 Å². The number of rotatable bonds is 8. The van der Waals surface area contributed by atoms with Crippen molar-refractivity contribution < 1.29 is 23.9 Å². The molecule has 4 rings (SSSR count). The number of benzene rings is 1. The number of nitrogens with zero attached hydrogens (tertiary/aromatic N) is 6. The van der Waals surface area contributed by atoms with E-state index in [-0.39, 0.29) is 31.2 Å². The number of thiazole rings is 1. The van der Waals surface area contributed by atoms with Crippen molar-refractivity contribution in [2.45, 2.75) is 72.3 Å². The smallest absolute Gasteiger partial charge is 0.420 e. The minimum Gasteiger partial charge on any atom is -0.444 e. The van der Waals surface area contributed by atoms with Gasteiger partial charge >= 0.3 is 12.2 Å². The van der Waals surface area contributed by atoms with Gasteiger partial charge in [-0.05, 0) is 59.7 Å². The zero-order chi connectivity index (χ0) is 30.5. The lowest BCUT2D eigenvalue weighted by Crippen LogP contribution is -2.39. The Morgan fingerprint density at radius 1 is 0.952 bits per heavy atom. The van der Waals surface area contributed by atoms with E-state index in [1.807, 2.05) is 12.1 Å². The van der Waals surface area contributed by atoms with Gasteiger partial charge in [0.05, 0.1) is 29.1 Å². The van der Waals surface area contributed by atoms with Crippen molar-refractivity contribution in [1.82, 2.24) is 34.7 Å². The van der Waals surface area contributed by atoms with E-state index in [0.717, 1.165) is 0 Å². The molecule has 13 heteroatoms. The van der Waals surface area contributed by atoms with Crippen LogP contribution < -0.4 is 5.32 Å². The Bertz CT molecular complexity index is 1550. The zero-order valence-corrected chi connectivity index (χ0v) is 25.4. The first-order valence-electron chi connectivity index (χ1n) is 13.5. The van der Waals surface area contributed by atoms with Crippen LogP contribution in [0.1, 0.15) is 68.7 Å². The van der Waals surface area contributed by atoms with Crippen molar-refractivity contribution in [3.05, 3.63) is 70.5 Å². The van der Waals surface area contributed by atoms with Crippen molar-refractivity contribution in [1.29, 1.82) is 0 Å². The van der Waals surface area contributed by atoms with Gasteiger partial charge in [-0.3, -0.25) is 4.79 Å². The molecule has 222 valence electrons. The molecule has 0 aliphatic carbocycles. The summed E-state index contributed by atoms with van der Waals surface area (Å²) in [5, 5.41) is 5.08. The molecule has 0 spiro atoms. The number of carbonyl (C=O) groups is 3. The van der Waals surface area contributed by atoms with Gasteiger partial charge in [0.25, 0.3) is 5.91 Å². The fourth-order valence-corrected chi connectivity index (χ4v) is 4.62. The van der Waals surface area contributed by atoms with E-state index in [9.17, 15) is 14.4 Å². The molecule has 1 aromatic carbocycles. The van der Waals surface area contributed by atoms with Gasteiger partial charge in [0, 0.05) is 30.7 Å². The number of carbonyl (C=O) groups excluding carboxylic acids is 3. The molecule has 0 bridgehead atoms. The number of hydrogen-bond donors (Lipinski definition) is 1. The monoisotopic (exact) mass is 593 g/mol. The molecule has 0 aliphatic heterocycles. The second-order valence-electron chi connectivity index (χ2n) is 11.5. The maximum absolute atomic E-state index is 13.3. The number of imidazole rings is 1. The Hall–Kier alpha value is -4.39. The van der Waals surface area contributed by atoms with Gasteiger partial charge in [0.15, 0.2) is 0 Å². The highest BCUT2D eigenvalue weighted by atomic mass is 32.1. The molecule has 0 saturated carbocycles. The third-order valence-electron chi connectivity index (χ3n) is 5.60. The molecule has 2 amide bonds. The van der Waals surface area contributed by atoms with Crippen molar-refractivity contribution in [2.24, 2.45) is 0 Å².